The van der Waals surface area contributed by atoms with E-state index >= 15 is 0 Å². The maximum Gasteiger partial charge on any atom is 0.263 e. The highest BCUT2D eigenvalue weighted by Crippen LogP contribution is 2.26. The first-order valence-electron chi connectivity index (χ1n) is 9.90. The number of nitrogens with zero attached hydrogens (tertiary/aromatic N) is 1. The number of carbonyl (C=O) groups excluding carboxylic acids is 2. The van der Waals surface area contributed by atoms with Crippen molar-refractivity contribution in [3.05, 3.63) is 93.4 Å². The van der Waals surface area contributed by atoms with E-state index in [9.17, 15) is 14.4 Å². The smallest absolute Gasteiger partial charge is 0.263 e. The molecule has 0 radical (unpaired) electrons. The molecule has 0 atom stereocenters. The first-order chi connectivity index (χ1) is 14.9. The summed E-state index contributed by atoms with van der Waals surface area (Å²) in [6.07, 6.45) is 2.37. The van der Waals surface area contributed by atoms with E-state index in [0.29, 0.717) is 35.5 Å². The Morgan fingerprint density at radius 3 is 2.45 bits per heavy atom. The Morgan fingerprint density at radius 2 is 1.77 bits per heavy atom. The minimum absolute atomic E-state index is 0.0583. The Hall–Kier alpha value is -3.87. The van der Waals surface area contributed by atoms with Gasteiger partial charge < -0.3 is 19.9 Å². The summed E-state index contributed by atoms with van der Waals surface area (Å²) < 4.78 is 6.83. The third-order valence-corrected chi connectivity index (χ3v) is 5.02. The molecule has 7 nitrogen and oxygen atoms in total. The van der Waals surface area contributed by atoms with Gasteiger partial charge >= 0.3 is 0 Å². The predicted octanol–water partition coefficient (Wildman–Crippen LogP) is 3.02. The van der Waals surface area contributed by atoms with Crippen LogP contribution in [0.5, 0.6) is 5.75 Å². The Balaban J connectivity index is 1.88. The van der Waals surface area contributed by atoms with Crippen LogP contribution in [-0.4, -0.2) is 30.5 Å². The molecule has 2 aromatic carbocycles. The molecule has 0 unspecified atom stereocenters. The van der Waals surface area contributed by atoms with Crippen LogP contribution in [0.3, 0.4) is 0 Å². The number of benzene rings is 2. The SMILES string of the molecule is CNC(=O)c1ccc(OC)c(NC(=O)c2c(C)ccn(CCc3ccccc3)c2=O)c1. The summed E-state index contributed by atoms with van der Waals surface area (Å²) >= 11 is 0. The van der Waals surface area contributed by atoms with Gasteiger partial charge in [0, 0.05) is 25.4 Å². The Kier molecular flexibility index (Phi) is 6.87. The number of aromatic nitrogens is 1. The number of rotatable bonds is 7. The number of hydrogen-bond acceptors (Lipinski definition) is 4. The molecule has 0 spiro atoms. The maximum atomic E-state index is 13.0. The lowest BCUT2D eigenvalue weighted by Crippen LogP contribution is -2.30. The minimum atomic E-state index is -0.552. The van der Waals surface area contributed by atoms with Crippen molar-refractivity contribution >= 4 is 17.5 Å². The number of carbonyl (C=O) groups is 2. The van der Waals surface area contributed by atoms with Crippen molar-refractivity contribution < 1.29 is 14.3 Å². The zero-order chi connectivity index (χ0) is 22.4. The summed E-state index contributed by atoms with van der Waals surface area (Å²) in [5, 5.41) is 5.26. The third-order valence-electron chi connectivity index (χ3n) is 5.02. The highest BCUT2D eigenvalue weighted by molar-refractivity contribution is 6.06. The van der Waals surface area contributed by atoms with Crippen molar-refractivity contribution in [2.75, 3.05) is 19.5 Å². The van der Waals surface area contributed by atoms with Crippen LogP contribution < -0.4 is 20.9 Å². The molecule has 31 heavy (non-hydrogen) atoms. The number of anilines is 1. The summed E-state index contributed by atoms with van der Waals surface area (Å²) in [6, 6.07) is 16.3. The fraction of sp³-hybridized carbons (Fsp3) is 0.208. The lowest BCUT2D eigenvalue weighted by Gasteiger charge is -2.14. The van der Waals surface area contributed by atoms with Gasteiger partial charge in [0.1, 0.15) is 11.3 Å². The molecule has 0 aliphatic rings. The van der Waals surface area contributed by atoms with Gasteiger partial charge in [-0.2, -0.15) is 0 Å². The zero-order valence-electron chi connectivity index (χ0n) is 17.8. The summed E-state index contributed by atoms with van der Waals surface area (Å²) in [5.74, 6) is -0.458. The monoisotopic (exact) mass is 419 g/mol. The highest BCUT2D eigenvalue weighted by Gasteiger charge is 2.18. The molecule has 160 valence electrons. The van der Waals surface area contributed by atoms with Crippen LogP contribution >= 0.6 is 0 Å². The van der Waals surface area contributed by atoms with Gasteiger partial charge in [-0.3, -0.25) is 14.4 Å². The van der Waals surface area contributed by atoms with Crippen molar-refractivity contribution in [3.8, 4) is 5.75 Å². The molecule has 2 amide bonds. The second kappa shape index (κ2) is 9.75. The van der Waals surface area contributed by atoms with Crippen molar-refractivity contribution in [1.29, 1.82) is 0 Å². The molecule has 0 aliphatic heterocycles. The van der Waals surface area contributed by atoms with Crippen LogP contribution in [-0.2, 0) is 13.0 Å². The van der Waals surface area contributed by atoms with Gasteiger partial charge in [0.25, 0.3) is 17.4 Å². The number of aryl methyl sites for hydroxylation is 3. The molecule has 2 N–H and O–H groups in total. The second-order valence-corrected chi connectivity index (χ2v) is 7.06. The topological polar surface area (TPSA) is 89.4 Å². The Bertz CT molecular complexity index is 1150. The normalized spacial score (nSPS) is 10.4. The number of nitrogens with one attached hydrogen (secondary N) is 2. The Morgan fingerprint density at radius 1 is 1.03 bits per heavy atom. The van der Waals surface area contributed by atoms with Crippen LogP contribution in [0.1, 0.15) is 31.8 Å². The van der Waals surface area contributed by atoms with Crippen molar-refractivity contribution in [2.45, 2.75) is 19.9 Å². The van der Waals surface area contributed by atoms with Crippen LogP contribution in [0.2, 0.25) is 0 Å². The molecule has 0 saturated heterocycles. The highest BCUT2D eigenvalue weighted by atomic mass is 16.5. The number of pyridine rings is 1. The van der Waals surface area contributed by atoms with Gasteiger partial charge in [-0.25, -0.2) is 0 Å². The second-order valence-electron chi connectivity index (χ2n) is 7.06. The molecular formula is C24H25N3O4. The average molecular weight is 419 g/mol. The van der Waals surface area contributed by atoms with Crippen molar-refractivity contribution in [2.24, 2.45) is 0 Å². The number of ether oxygens (including phenoxy) is 1. The summed E-state index contributed by atoms with van der Waals surface area (Å²) in [5.41, 5.74) is 2.05. The van der Waals surface area contributed by atoms with Crippen LogP contribution in [0.25, 0.3) is 0 Å². The predicted molar refractivity (Wildman–Crippen MR) is 120 cm³/mol. The molecule has 3 aromatic rings. The molecule has 0 saturated carbocycles. The van der Waals surface area contributed by atoms with Gasteiger partial charge in [-0.1, -0.05) is 30.3 Å². The lowest BCUT2D eigenvalue weighted by molar-refractivity contribution is 0.0961. The lowest BCUT2D eigenvalue weighted by atomic mass is 10.1. The van der Waals surface area contributed by atoms with Gasteiger partial charge in [-0.05, 0) is 48.7 Å². The van der Waals surface area contributed by atoms with Crippen molar-refractivity contribution in [1.82, 2.24) is 9.88 Å². The maximum absolute atomic E-state index is 13.0. The molecule has 0 aliphatic carbocycles. The number of amides is 2. The first-order valence-corrected chi connectivity index (χ1v) is 9.90. The fourth-order valence-electron chi connectivity index (χ4n) is 3.29. The van der Waals surface area contributed by atoms with Gasteiger partial charge in [0.15, 0.2) is 0 Å². The molecule has 1 aromatic heterocycles. The average Bonchev–Trinajstić information content (AvgIpc) is 2.78. The molecule has 3 rings (SSSR count). The summed E-state index contributed by atoms with van der Waals surface area (Å²) in [4.78, 5) is 38.0. The molecule has 1 heterocycles. The largest absolute Gasteiger partial charge is 0.495 e. The van der Waals surface area contributed by atoms with Crippen molar-refractivity contribution in [3.63, 3.8) is 0 Å². The van der Waals surface area contributed by atoms with E-state index < -0.39 is 5.91 Å². The third kappa shape index (κ3) is 5.01. The number of methoxy groups -OCH3 is 1. The van der Waals surface area contributed by atoms with Gasteiger partial charge in [0.05, 0.1) is 12.8 Å². The van der Waals surface area contributed by atoms with E-state index in [1.165, 1.54) is 24.8 Å². The van der Waals surface area contributed by atoms with E-state index in [1.807, 2.05) is 30.3 Å². The van der Waals surface area contributed by atoms with E-state index in [1.54, 1.807) is 31.3 Å². The molecule has 0 bridgehead atoms. The molecule has 0 fully saturated rings. The Labute approximate surface area is 180 Å². The zero-order valence-corrected chi connectivity index (χ0v) is 17.8. The van der Waals surface area contributed by atoms with Gasteiger partial charge in [-0.15, -0.1) is 0 Å². The molecule has 7 heteroatoms. The quantitative estimate of drug-likeness (QED) is 0.616. The van der Waals surface area contributed by atoms with E-state index in [-0.39, 0.29) is 17.0 Å². The summed E-state index contributed by atoms with van der Waals surface area (Å²) in [6.45, 7) is 2.18. The standard InChI is InChI=1S/C24H25N3O4/c1-16-11-13-27(14-12-17-7-5-4-6-8-17)24(30)21(16)23(29)26-19-15-18(22(28)25-2)9-10-20(19)31-3/h4-11,13,15H,12,14H2,1-3H3,(H,25,28)(H,26,29). The van der Waals surface area contributed by atoms with E-state index in [0.717, 1.165) is 5.56 Å². The molecular weight excluding hydrogens is 394 g/mol. The summed E-state index contributed by atoms with van der Waals surface area (Å²) in [7, 11) is 2.99. The number of hydrogen-bond donors (Lipinski definition) is 2. The fourth-order valence-corrected chi connectivity index (χ4v) is 3.29. The van der Waals surface area contributed by atoms with E-state index in [4.69, 9.17) is 4.74 Å². The van der Waals surface area contributed by atoms with Gasteiger partial charge in [0.2, 0.25) is 0 Å². The first kappa shape index (κ1) is 21.8. The minimum Gasteiger partial charge on any atom is -0.495 e. The van der Waals surface area contributed by atoms with Crippen LogP contribution in [0.15, 0.2) is 65.6 Å². The van der Waals surface area contributed by atoms with Crippen LogP contribution in [0, 0.1) is 6.92 Å². The van der Waals surface area contributed by atoms with Crippen LogP contribution in [0.4, 0.5) is 5.69 Å². The van der Waals surface area contributed by atoms with E-state index in [2.05, 4.69) is 10.6 Å².